The fourth-order valence-electron chi connectivity index (χ4n) is 5.69. The van der Waals surface area contributed by atoms with E-state index < -0.39 is 0 Å². The predicted molar refractivity (Wildman–Crippen MR) is 156 cm³/mol. The minimum atomic E-state index is -0.142. The van der Waals surface area contributed by atoms with Crippen molar-refractivity contribution in [3.8, 4) is 5.69 Å². The zero-order chi connectivity index (χ0) is 27.6. The Kier molecular flexibility index (Phi) is 6.21. The summed E-state index contributed by atoms with van der Waals surface area (Å²) in [5, 5.41) is 4.79. The number of carbonyl (C=O) groups is 1. The molecule has 8 nitrogen and oxygen atoms in total. The van der Waals surface area contributed by atoms with Gasteiger partial charge in [-0.2, -0.15) is 5.10 Å². The second-order valence-corrected chi connectivity index (χ2v) is 11.9. The maximum absolute atomic E-state index is 14.3. The van der Waals surface area contributed by atoms with Gasteiger partial charge in [-0.1, -0.05) is 29.8 Å². The Morgan fingerprint density at radius 2 is 1.97 bits per heavy atom. The summed E-state index contributed by atoms with van der Waals surface area (Å²) in [6.45, 7) is 8.62. The topological polar surface area (TPSA) is 77.4 Å². The van der Waals surface area contributed by atoms with Gasteiger partial charge in [-0.05, 0) is 74.6 Å². The van der Waals surface area contributed by atoms with Crippen molar-refractivity contribution in [3.05, 3.63) is 91.7 Å². The number of benzene rings is 2. The SMILES string of the molecule is Cc1cc(C(=O)N2Cc3c(c(=O)n(-c4ccc5c(c4)ncn5C)c4c(CC(C)C)cnn34)C[C@H]2C)ccc1Br. The molecular formula is C30H31BrN6O2. The molecular weight excluding hydrogens is 556 g/mol. The van der Waals surface area contributed by atoms with Crippen molar-refractivity contribution in [2.24, 2.45) is 13.0 Å². The van der Waals surface area contributed by atoms with Crippen LogP contribution in [0, 0.1) is 12.8 Å². The summed E-state index contributed by atoms with van der Waals surface area (Å²) in [4.78, 5) is 34.3. The molecule has 0 fully saturated rings. The van der Waals surface area contributed by atoms with Gasteiger partial charge < -0.3 is 9.47 Å². The third-order valence-electron chi connectivity index (χ3n) is 7.71. The summed E-state index contributed by atoms with van der Waals surface area (Å²) in [6.07, 6.45) is 4.89. The molecule has 0 aliphatic carbocycles. The Hall–Kier alpha value is -3.72. The van der Waals surface area contributed by atoms with Gasteiger partial charge in [-0.3, -0.25) is 14.2 Å². The van der Waals surface area contributed by atoms with Crippen molar-refractivity contribution in [2.75, 3.05) is 0 Å². The summed E-state index contributed by atoms with van der Waals surface area (Å²) < 4.78 is 6.61. The summed E-state index contributed by atoms with van der Waals surface area (Å²) in [5.41, 5.74) is 7.42. The average molecular weight is 588 g/mol. The Labute approximate surface area is 235 Å². The molecule has 0 bridgehead atoms. The lowest BCUT2D eigenvalue weighted by molar-refractivity contribution is 0.0651. The van der Waals surface area contributed by atoms with Gasteiger partial charge in [-0.15, -0.1) is 0 Å². The molecule has 0 unspecified atom stereocenters. The summed E-state index contributed by atoms with van der Waals surface area (Å²) in [7, 11) is 1.96. The second kappa shape index (κ2) is 9.48. The van der Waals surface area contributed by atoms with Crippen LogP contribution in [-0.4, -0.2) is 40.6 Å². The van der Waals surface area contributed by atoms with E-state index in [4.69, 9.17) is 5.10 Å². The molecule has 1 atom stereocenters. The van der Waals surface area contributed by atoms with E-state index in [0.29, 0.717) is 30.0 Å². The highest BCUT2D eigenvalue weighted by Gasteiger charge is 2.33. The largest absolute Gasteiger partial charge is 0.334 e. The third kappa shape index (κ3) is 4.19. The number of aryl methyl sites for hydroxylation is 2. The molecule has 5 aromatic rings. The van der Waals surface area contributed by atoms with Gasteiger partial charge in [0.15, 0.2) is 0 Å². The number of rotatable bonds is 4. The van der Waals surface area contributed by atoms with E-state index in [9.17, 15) is 9.59 Å². The molecule has 0 radical (unpaired) electrons. The van der Waals surface area contributed by atoms with Crippen LogP contribution in [0.1, 0.15) is 53.5 Å². The van der Waals surface area contributed by atoms with Crippen molar-refractivity contribution in [1.29, 1.82) is 0 Å². The zero-order valence-corrected chi connectivity index (χ0v) is 24.4. The van der Waals surface area contributed by atoms with Crippen molar-refractivity contribution in [3.63, 3.8) is 0 Å². The third-order valence-corrected chi connectivity index (χ3v) is 8.60. The maximum Gasteiger partial charge on any atom is 0.261 e. The molecule has 0 spiro atoms. The lowest BCUT2D eigenvalue weighted by Crippen LogP contribution is -2.46. The normalized spacial score (nSPS) is 15.5. The van der Waals surface area contributed by atoms with Crippen LogP contribution in [0.15, 0.2) is 58.2 Å². The Morgan fingerprint density at radius 1 is 1.18 bits per heavy atom. The number of amides is 1. The molecule has 200 valence electrons. The standard InChI is InChI=1S/C30H31BrN6O2/c1-17(2)10-21-14-33-37-27-15-35(29(38)20-6-8-24(31)18(3)11-20)19(4)12-23(27)30(39)36(28(21)37)22-7-9-26-25(13-22)32-16-34(26)5/h6-9,11,13-14,16-17,19H,10,12,15H2,1-5H3/t19-/m1/s1. The maximum atomic E-state index is 14.3. The number of nitrogens with zero attached hydrogens (tertiary/aromatic N) is 6. The van der Waals surface area contributed by atoms with Gasteiger partial charge >= 0.3 is 0 Å². The van der Waals surface area contributed by atoms with Crippen molar-refractivity contribution in [1.82, 2.24) is 28.6 Å². The van der Waals surface area contributed by atoms with Crippen LogP contribution in [0.25, 0.3) is 22.4 Å². The second-order valence-electron chi connectivity index (χ2n) is 11.0. The van der Waals surface area contributed by atoms with E-state index in [1.807, 2.05) is 77.5 Å². The minimum Gasteiger partial charge on any atom is -0.334 e. The molecule has 0 saturated carbocycles. The van der Waals surface area contributed by atoms with E-state index in [-0.39, 0.29) is 17.5 Å². The van der Waals surface area contributed by atoms with Crippen molar-refractivity contribution in [2.45, 2.75) is 53.1 Å². The van der Waals surface area contributed by atoms with Crippen LogP contribution in [0.2, 0.25) is 0 Å². The average Bonchev–Trinajstić information content (AvgIpc) is 3.48. The molecule has 1 aliphatic rings. The molecule has 6 rings (SSSR count). The van der Waals surface area contributed by atoms with E-state index in [0.717, 1.165) is 50.1 Å². The lowest BCUT2D eigenvalue weighted by Gasteiger charge is -2.35. The van der Waals surface area contributed by atoms with Gasteiger partial charge in [0, 0.05) is 34.3 Å². The first kappa shape index (κ1) is 25.6. The number of aromatic nitrogens is 5. The molecule has 1 aliphatic heterocycles. The molecule has 0 saturated heterocycles. The fraction of sp³-hybridized carbons (Fsp3) is 0.333. The van der Waals surface area contributed by atoms with E-state index in [2.05, 4.69) is 34.8 Å². The van der Waals surface area contributed by atoms with E-state index in [1.54, 1.807) is 10.9 Å². The quantitative estimate of drug-likeness (QED) is 0.289. The Bertz CT molecular complexity index is 1830. The number of hydrogen-bond donors (Lipinski definition) is 0. The van der Waals surface area contributed by atoms with Crippen LogP contribution in [-0.2, 0) is 26.4 Å². The number of carbonyl (C=O) groups excluding carboxylic acids is 1. The van der Waals surface area contributed by atoms with Gasteiger partial charge in [-0.25, -0.2) is 9.50 Å². The summed E-state index contributed by atoms with van der Waals surface area (Å²) in [5.74, 6) is 0.339. The number of imidazole rings is 1. The fourth-order valence-corrected chi connectivity index (χ4v) is 5.93. The molecule has 4 heterocycles. The van der Waals surface area contributed by atoms with Gasteiger partial charge in [0.25, 0.3) is 11.5 Å². The monoisotopic (exact) mass is 586 g/mol. The van der Waals surface area contributed by atoms with E-state index in [1.165, 1.54) is 0 Å². The molecule has 1 amide bonds. The van der Waals surface area contributed by atoms with Gasteiger partial charge in [0.05, 0.1) is 41.5 Å². The molecule has 0 N–H and O–H groups in total. The Balaban J connectivity index is 1.53. The van der Waals surface area contributed by atoms with Gasteiger partial charge in [0.1, 0.15) is 5.65 Å². The van der Waals surface area contributed by atoms with Crippen LogP contribution < -0.4 is 5.56 Å². The van der Waals surface area contributed by atoms with Crippen LogP contribution in [0.3, 0.4) is 0 Å². The molecule has 39 heavy (non-hydrogen) atoms. The highest BCUT2D eigenvalue weighted by atomic mass is 79.9. The molecule has 9 heteroatoms. The van der Waals surface area contributed by atoms with Crippen molar-refractivity contribution >= 4 is 38.5 Å². The summed E-state index contributed by atoms with van der Waals surface area (Å²) in [6, 6.07) is 11.5. The molecule has 2 aromatic carbocycles. The first-order chi connectivity index (χ1) is 18.6. The predicted octanol–water partition coefficient (Wildman–Crippen LogP) is 5.23. The van der Waals surface area contributed by atoms with Crippen LogP contribution >= 0.6 is 15.9 Å². The highest BCUT2D eigenvalue weighted by molar-refractivity contribution is 9.10. The smallest absolute Gasteiger partial charge is 0.261 e. The van der Waals surface area contributed by atoms with Crippen LogP contribution in [0.5, 0.6) is 0 Å². The number of hydrogen-bond acceptors (Lipinski definition) is 4. The van der Waals surface area contributed by atoms with Crippen LogP contribution in [0.4, 0.5) is 0 Å². The first-order valence-corrected chi connectivity index (χ1v) is 14.0. The zero-order valence-electron chi connectivity index (χ0n) is 22.8. The first-order valence-electron chi connectivity index (χ1n) is 13.3. The van der Waals surface area contributed by atoms with Gasteiger partial charge in [0.2, 0.25) is 0 Å². The lowest BCUT2D eigenvalue weighted by atomic mass is 9.97. The summed E-state index contributed by atoms with van der Waals surface area (Å²) >= 11 is 3.52. The number of halogens is 1. The van der Waals surface area contributed by atoms with E-state index >= 15 is 0 Å². The Morgan fingerprint density at radius 3 is 2.72 bits per heavy atom. The number of fused-ring (bicyclic) bond motifs is 4. The molecule has 3 aromatic heterocycles. The minimum absolute atomic E-state index is 0.0451. The highest BCUT2D eigenvalue weighted by Crippen LogP contribution is 2.28. The van der Waals surface area contributed by atoms with Crippen molar-refractivity contribution < 1.29 is 4.79 Å².